The van der Waals surface area contributed by atoms with Crippen molar-refractivity contribution in [2.45, 2.75) is 13.0 Å². The zero-order valence-electron chi connectivity index (χ0n) is 13.5. The smallest absolute Gasteiger partial charge is 0.251 e. The first-order chi connectivity index (χ1) is 12.5. The molecule has 0 saturated carbocycles. The maximum absolute atomic E-state index is 12.4. The van der Waals surface area contributed by atoms with Gasteiger partial charge in [0.25, 0.3) is 5.91 Å². The van der Waals surface area contributed by atoms with Crippen molar-refractivity contribution in [3.05, 3.63) is 69.9 Å². The fourth-order valence-electron chi connectivity index (χ4n) is 2.33. The van der Waals surface area contributed by atoms with Crippen molar-refractivity contribution in [1.29, 1.82) is 5.26 Å². The van der Waals surface area contributed by atoms with Crippen molar-refractivity contribution in [2.24, 2.45) is 0 Å². The number of carbonyl (C=O) groups is 1. The summed E-state index contributed by atoms with van der Waals surface area (Å²) >= 11 is 11.9. The number of benzene rings is 1. The third kappa shape index (κ3) is 3.82. The second-order valence-corrected chi connectivity index (χ2v) is 6.27. The SMILES string of the molecule is CC(NC(=O)c1cc(Cl)cc(Cl)c1)c1ncnn1-c1ccc(C#N)cn1. The third-order valence-corrected chi connectivity index (χ3v) is 3.96. The van der Waals surface area contributed by atoms with Crippen LogP contribution in [0.1, 0.15) is 34.7 Å². The molecule has 1 unspecified atom stereocenters. The predicted octanol–water partition coefficient (Wildman–Crippen LogP) is 3.33. The van der Waals surface area contributed by atoms with Crippen LogP contribution in [0.25, 0.3) is 5.82 Å². The van der Waals surface area contributed by atoms with E-state index >= 15 is 0 Å². The molecule has 0 aliphatic rings. The van der Waals surface area contributed by atoms with Crippen molar-refractivity contribution in [3.8, 4) is 11.9 Å². The van der Waals surface area contributed by atoms with E-state index in [1.807, 2.05) is 6.07 Å². The van der Waals surface area contributed by atoms with Gasteiger partial charge in [-0.1, -0.05) is 23.2 Å². The van der Waals surface area contributed by atoms with Crippen LogP contribution in [-0.2, 0) is 0 Å². The zero-order chi connectivity index (χ0) is 18.7. The van der Waals surface area contributed by atoms with E-state index < -0.39 is 6.04 Å². The second kappa shape index (κ2) is 7.52. The maximum atomic E-state index is 12.4. The first kappa shape index (κ1) is 17.9. The fraction of sp³-hybridized carbons (Fsp3) is 0.118. The molecule has 2 heterocycles. The Hall–Kier alpha value is -2.95. The van der Waals surface area contributed by atoms with Crippen molar-refractivity contribution >= 4 is 29.1 Å². The lowest BCUT2D eigenvalue weighted by atomic mass is 10.2. The molecule has 7 nitrogen and oxygen atoms in total. The van der Waals surface area contributed by atoms with Crippen molar-refractivity contribution in [3.63, 3.8) is 0 Å². The molecule has 0 saturated heterocycles. The average Bonchev–Trinajstić information content (AvgIpc) is 3.10. The number of pyridine rings is 1. The van der Waals surface area contributed by atoms with E-state index in [1.165, 1.54) is 29.3 Å². The summed E-state index contributed by atoms with van der Waals surface area (Å²) in [7, 11) is 0. The molecule has 1 aromatic carbocycles. The first-order valence-electron chi connectivity index (χ1n) is 7.51. The topological polar surface area (TPSA) is 96.5 Å². The van der Waals surface area contributed by atoms with Crippen LogP contribution in [0.3, 0.4) is 0 Å². The highest BCUT2D eigenvalue weighted by molar-refractivity contribution is 6.35. The molecule has 130 valence electrons. The van der Waals surface area contributed by atoms with Gasteiger partial charge in [-0.2, -0.15) is 15.0 Å². The van der Waals surface area contributed by atoms with E-state index in [1.54, 1.807) is 25.1 Å². The van der Waals surface area contributed by atoms with Gasteiger partial charge in [0, 0.05) is 21.8 Å². The number of carbonyl (C=O) groups excluding carboxylic acids is 1. The molecule has 1 amide bonds. The van der Waals surface area contributed by atoms with Crippen LogP contribution >= 0.6 is 23.2 Å². The Morgan fingerprint density at radius 2 is 1.96 bits per heavy atom. The van der Waals surface area contributed by atoms with Crippen molar-refractivity contribution < 1.29 is 4.79 Å². The Balaban J connectivity index is 1.82. The minimum atomic E-state index is -0.458. The van der Waals surface area contributed by atoms with Gasteiger partial charge in [0.15, 0.2) is 11.6 Å². The van der Waals surface area contributed by atoms with Crippen LogP contribution in [-0.4, -0.2) is 25.7 Å². The normalized spacial score (nSPS) is 11.6. The molecule has 1 N–H and O–H groups in total. The average molecular weight is 387 g/mol. The van der Waals surface area contributed by atoms with Crippen LogP contribution in [0, 0.1) is 11.3 Å². The summed E-state index contributed by atoms with van der Waals surface area (Å²) in [6, 6.07) is 9.44. The van der Waals surface area contributed by atoms with Gasteiger partial charge in [-0.15, -0.1) is 0 Å². The van der Waals surface area contributed by atoms with Gasteiger partial charge >= 0.3 is 0 Å². The molecule has 0 bridgehead atoms. The number of nitrogens with zero attached hydrogens (tertiary/aromatic N) is 5. The molecule has 0 aliphatic carbocycles. The molecular weight excluding hydrogens is 375 g/mol. The van der Waals surface area contributed by atoms with Gasteiger partial charge in [-0.25, -0.2) is 9.97 Å². The lowest BCUT2D eigenvalue weighted by Crippen LogP contribution is -2.28. The van der Waals surface area contributed by atoms with Gasteiger partial charge in [0.2, 0.25) is 0 Å². The highest BCUT2D eigenvalue weighted by Gasteiger charge is 2.18. The highest BCUT2D eigenvalue weighted by Crippen LogP contribution is 2.20. The van der Waals surface area contributed by atoms with Gasteiger partial charge in [-0.05, 0) is 37.3 Å². The highest BCUT2D eigenvalue weighted by atomic mass is 35.5. The first-order valence-corrected chi connectivity index (χ1v) is 8.27. The number of nitriles is 1. The van der Waals surface area contributed by atoms with E-state index in [0.29, 0.717) is 32.8 Å². The van der Waals surface area contributed by atoms with Gasteiger partial charge in [0.05, 0.1) is 11.6 Å². The number of amides is 1. The van der Waals surface area contributed by atoms with Gasteiger partial charge in [-0.3, -0.25) is 4.79 Å². The second-order valence-electron chi connectivity index (χ2n) is 5.40. The summed E-state index contributed by atoms with van der Waals surface area (Å²) in [5.41, 5.74) is 0.784. The molecule has 9 heteroatoms. The lowest BCUT2D eigenvalue weighted by molar-refractivity contribution is 0.0938. The van der Waals surface area contributed by atoms with E-state index in [4.69, 9.17) is 28.5 Å². The van der Waals surface area contributed by atoms with E-state index in [0.717, 1.165) is 0 Å². The monoisotopic (exact) mass is 386 g/mol. The summed E-state index contributed by atoms with van der Waals surface area (Å²) in [5, 5.41) is 16.6. The third-order valence-electron chi connectivity index (χ3n) is 3.53. The largest absolute Gasteiger partial charge is 0.342 e. The lowest BCUT2D eigenvalue weighted by Gasteiger charge is -2.14. The number of halogens is 2. The van der Waals surface area contributed by atoms with Crippen LogP contribution < -0.4 is 5.32 Å². The number of nitrogens with one attached hydrogen (secondary N) is 1. The van der Waals surface area contributed by atoms with Crippen LogP contribution in [0.2, 0.25) is 10.0 Å². The van der Waals surface area contributed by atoms with E-state index in [9.17, 15) is 4.79 Å². The van der Waals surface area contributed by atoms with Gasteiger partial charge in [0.1, 0.15) is 12.4 Å². The minimum Gasteiger partial charge on any atom is -0.342 e. The van der Waals surface area contributed by atoms with Crippen LogP contribution in [0.4, 0.5) is 0 Å². The number of aromatic nitrogens is 4. The summed E-state index contributed by atoms with van der Waals surface area (Å²) < 4.78 is 1.50. The van der Waals surface area contributed by atoms with E-state index in [-0.39, 0.29) is 5.91 Å². The number of hydrogen-bond donors (Lipinski definition) is 1. The summed E-state index contributed by atoms with van der Waals surface area (Å²) in [5.74, 6) is 0.635. The quantitative estimate of drug-likeness (QED) is 0.741. The molecule has 3 aromatic rings. The molecule has 3 rings (SSSR count). The molecule has 2 aromatic heterocycles. The minimum absolute atomic E-state index is 0.343. The van der Waals surface area contributed by atoms with Crippen LogP contribution in [0.5, 0.6) is 0 Å². The number of hydrogen-bond acceptors (Lipinski definition) is 5. The van der Waals surface area contributed by atoms with Crippen molar-refractivity contribution in [2.75, 3.05) is 0 Å². The number of rotatable bonds is 4. The zero-order valence-corrected chi connectivity index (χ0v) is 15.0. The van der Waals surface area contributed by atoms with Crippen molar-refractivity contribution in [1.82, 2.24) is 25.1 Å². The van der Waals surface area contributed by atoms with Crippen LogP contribution in [0.15, 0.2) is 42.9 Å². The Labute approximate surface area is 159 Å². The summed E-state index contributed by atoms with van der Waals surface area (Å²) in [6.07, 6.45) is 2.81. The molecule has 0 aliphatic heterocycles. The summed E-state index contributed by atoms with van der Waals surface area (Å²) in [4.78, 5) is 20.8. The molecule has 0 spiro atoms. The molecular formula is C17H12Cl2N6O. The van der Waals surface area contributed by atoms with E-state index in [2.05, 4.69) is 20.4 Å². The predicted molar refractivity (Wildman–Crippen MR) is 96.2 cm³/mol. The molecule has 0 radical (unpaired) electrons. The standard InChI is InChI=1S/C17H12Cl2N6O/c1-10(24-17(26)12-4-13(18)6-14(19)5-12)16-22-9-23-25(16)15-3-2-11(7-20)8-21-15/h2-6,8-10H,1H3,(H,24,26). The Morgan fingerprint density at radius 1 is 1.23 bits per heavy atom. The Kier molecular flexibility index (Phi) is 5.16. The Morgan fingerprint density at radius 3 is 2.58 bits per heavy atom. The van der Waals surface area contributed by atoms with Gasteiger partial charge < -0.3 is 5.32 Å². The molecule has 1 atom stereocenters. The maximum Gasteiger partial charge on any atom is 0.251 e. The molecule has 26 heavy (non-hydrogen) atoms. The summed E-state index contributed by atoms with van der Waals surface area (Å²) in [6.45, 7) is 1.77. The fourth-order valence-corrected chi connectivity index (χ4v) is 2.86. The molecule has 0 fully saturated rings. The Bertz CT molecular complexity index is 973.